The number of fused-ring (bicyclic) bond motifs is 2. The Kier molecular flexibility index (Phi) is 5.41. The van der Waals surface area contributed by atoms with Gasteiger partial charge in [-0.25, -0.2) is 4.98 Å². The number of para-hydroxylation sites is 1. The number of nitrogen functional groups attached to an aromatic ring is 1. The van der Waals surface area contributed by atoms with Gasteiger partial charge in [-0.05, 0) is 30.4 Å². The number of carboxylic acids is 2. The lowest BCUT2D eigenvalue weighted by Gasteiger charge is -2.08. The van der Waals surface area contributed by atoms with Crippen molar-refractivity contribution < 1.29 is 24.9 Å². The maximum atomic E-state index is 9.57. The Bertz CT molecular complexity index is 985. The van der Waals surface area contributed by atoms with Crippen LogP contribution in [0, 0.1) is 0 Å². The number of phenols is 1. The van der Waals surface area contributed by atoms with Crippen molar-refractivity contribution in [3.63, 3.8) is 0 Å². The molecule has 7 nitrogen and oxygen atoms in total. The molecule has 0 fully saturated rings. The Morgan fingerprint density at radius 3 is 2.24 bits per heavy atom. The van der Waals surface area contributed by atoms with Crippen molar-refractivity contribution in [2.45, 2.75) is 0 Å². The number of nitrogens with zero attached hydrogens (tertiary/aromatic N) is 1. The van der Waals surface area contributed by atoms with E-state index >= 15 is 0 Å². The van der Waals surface area contributed by atoms with Crippen LogP contribution >= 0.6 is 11.6 Å². The molecule has 3 rings (SSSR count). The number of carboxylic acid groups (broad SMARTS) is 2. The summed E-state index contributed by atoms with van der Waals surface area (Å²) in [6, 6.07) is 10.8. The molecule has 0 radical (unpaired) electrons. The normalized spacial score (nSPS) is 10.6. The van der Waals surface area contributed by atoms with Gasteiger partial charge in [0.05, 0.1) is 28.7 Å². The fourth-order valence-electron chi connectivity index (χ4n) is 2.08. The second-order valence-corrected chi connectivity index (χ2v) is 5.19. The highest BCUT2D eigenvalue weighted by Gasteiger charge is 2.11. The largest absolute Gasteiger partial charge is 0.545 e. The zero-order valence-electron chi connectivity index (χ0n) is 12.6. The third kappa shape index (κ3) is 4.15. The predicted molar refractivity (Wildman–Crippen MR) is 89.5 cm³/mol. The van der Waals surface area contributed by atoms with E-state index < -0.39 is 11.9 Å². The lowest BCUT2D eigenvalue weighted by Crippen LogP contribution is -2.23. The lowest BCUT2D eigenvalue weighted by molar-refractivity contribution is -0.301. The van der Waals surface area contributed by atoms with Crippen LogP contribution in [0.5, 0.6) is 5.75 Å². The summed E-state index contributed by atoms with van der Waals surface area (Å²) in [5.41, 5.74) is 8.02. The van der Waals surface area contributed by atoms with Gasteiger partial charge in [-0.1, -0.05) is 29.8 Å². The summed E-state index contributed by atoms with van der Waals surface area (Å²) in [6.45, 7) is 0. The van der Waals surface area contributed by atoms with Gasteiger partial charge in [-0.3, -0.25) is 0 Å². The van der Waals surface area contributed by atoms with E-state index in [0.29, 0.717) is 23.4 Å². The quantitative estimate of drug-likeness (QED) is 0.498. The molecule has 2 aromatic carbocycles. The highest BCUT2D eigenvalue weighted by atomic mass is 35.5. The van der Waals surface area contributed by atoms with E-state index in [-0.39, 0.29) is 10.8 Å². The highest BCUT2D eigenvalue weighted by molar-refractivity contribution is 6.37. The fraction of sp³-hybridized carbons (Fsp3) is 0. The third-order valence-electron chi connectivity index (χ3n) is 3.17. The number of anilines is 1. The number of aromatic nitrogens is 1. The number of hydrogen-bond acceptors (Lipinski definition) is 7. The molecule has 0 amide bonds. The van der Waals surface area contributed by atoms with Gasteiger partial charge in [0.2, 0.25) is 0 Å². The monoisotopic (exact) mass is 358 g/mol. The Balaban J connectivity index is 0.000000242. The topological polar surface area (TPSA) is 139 Å². The van der Waals surface area contributed by atoms with Gasteiger partial charge in [0, 0.05) is 10.8 Å². The first-order chi connectivity index (χ1) is 11.8. The molecule has 0 aliphatic carbocycles. The van der Waals surface area contributed by atoms with Crippen LogP contribution in [0.3, 0.4) is 0 Å². The summed E-state index contributed by atoms with van der Waals surface area (Å²) < 4.78 is 0. The number of hydrogen-bond donors (Lipinski definition) is 2. The number of carbonyl (C=O) groups is 2. The molecule has 0 bridgehead atoms. The van der Waals surface area contributed by atoms with Crippen LogP contribution in [0.15, 0.2) is 48.6 Å². The Morgan fingerprint density at radius 2 is 1.64 bits per heavy atom. The molecule has 3 N–H and O–H groups in total. The molecule has 3 aromatic rings. The van der Waals surface area contributed by atoms with E-state index in [9.17, 15) is 24.9 Å². The average Bonchev–Trinajstić information content (AvgIpc) is 2.58. The third-order valence-corrected chi connectivity index (χ3v) is 3.54. The Labute approximate surface area is 146 Å². The first-order valence-electron chi connectivity index (χ1n) is 6.86. The smallest absolute Gasteiger partial charge is 0.136 e. The highest BCUT2D eigenvalue weighted by Crippen LogP contribution is 2.36. The molecule has 0 saturated heterocycles. The number of carbonyl (C=O) groups excluding carboxylic acids is 2. The summed E-state index contributed by atoms with van der Waals surface area (Å²) >= 11 is 6.03. The van der Waals surface area contributed by atoms with Crippen LogP contribution in [0.2, 0.25) is 5.02 Å². The van der Waals surface area contributed by atoms with Crippen molar-refractivity contribution in [2.75, 3.05) is 5.73 Å². The van der Waals surface area contributed by atoms with E-state index in [1.54, 1.807) is 6.07 Å². The average molecular weight is 359 g/mol. The molecule has 25 heavy (non-hydrogen) atoms. The van der Waals surface area contributed by atoms with Gasteiger partial charge in [-0.15, -0.1) is 0 Å². The fourth-order valence-corrected chi connectivity index (χ4v) is 2.29. The van der Waals surface area contributed by atoms with E-state index in [1.165, 1.54) is 6.07 Å². The molecule has 1 aromatic heterocycles. The van der Waals surface area contributed by atoms with E-state index in [0.717, 1.165) is 16.3 Å². The molecule has 128 valence electrons. The van der Waals surface area contributed by atoms with Gasteiger partial charge in [-0.2, -0.15) is 0 Å². The van der Waals surface area contributed by atoms with Crippen molar-refractivity contribution in [3.05, 3.63) is 53.6 Å². The first kappa shape index (κ1) is 18.0. The van der Waals surface area contributed by atoms with Crippen molar-refractivity contribution in [3.8, 4) is 5.75 Å². The van der Waals surface area contributed by atoms with Gasteiger partial charge >= 0.3 is 0 Å². The van der Waals surface area contributed by atoms with Crippen molar-refractivity contribution in [1.29, 1.82) is 0 Å². The van der Waals surface area contributed by atoms with Crippen LogP contribution in [-0.2, 0) is 9.59 Å². The summed E-state index contributed by atoms with van der Waals surface area (Å²) in [6.07, 6.45) is 0.769. The van der Waals surface area contributed by atoms with Crippen LogP contribution in [0.1, 0.15) is 0 Å². The van der Waals surface area contributed by atoms with Crippen LogP contribution in [0.25, 0.3) is 21.8 Å². The Hall–Kier alpha value is -3.32. The lowest BCUT2D eigenvalue weighted by atomic mass is 10.1. The zero-order valence-corrected chi connectivity index (χ0v) is 13.4. The van der Waals surface area contributed by atoms with Crippen molar-refractivity contribution in [1.82, 2.24) is 4.98 Å². The molecule has 0 unspecified atom stereocenters. The zero-order chi connectivity index (χ0) is 18.6. The number of benzene rings is 2. The molecular weight excluding hydrogens is 348 g/mol. The van der Waals surface area contributed by atoms with E-state index in [4.69, 9.17) is 17.3 Å². The molecule has 0 aliphatic heterocycles. The van der Waals surface area contributed by atoms with Crippen LogP contribution in [-0.4, -0.2) is 22.0 Å². The molecule has 0 aliphatic rings. The summed E-state index contributed by atoms with van der Waals surface area (Å²) in [5.74, 6) is -3.08. The van der Waals surface area contributed by atoms with Crippen molar-refractivity contribution in [2.24, 2.45) is 0 Å². The standard InChI is InChI=1S/C13H9ClN2O.C4H4O4/c14-11-10(17)6-5-8-12(15)7-3-1-2-4-9(7)16-13(8)11;5-3(6)1-2-4(7)8/h1-6,17H,(H2,15,16);1-2H,(H,5,6)(H,7,8)/p-2/b;2-1-. The van der Waals surface area contributed by atoms with E-state index in [1.807, 2.05) is 24.3 Å². The van der Waals surface area contributed by atoms with Crippen LogP contribution < -0.4 is 15.9 Å². The second kappa shape index (κ2) is 7.50. The SMILES string of the molecule is Nc1c2ccccc2nc2c(Cl)c(O)ccc12.O=C([O-])/C=C\C(=O)[O-]. The first-order valence-corrected chi connectivity index (χ1v) is 7.24. The number of aliphatic carboxylic acids is 2. The minimum Gasteiger partial charge on any atom is -0.545 e. The summed E-state index contributed by atoms with van der Waals surface area (Å²) in [5, 5.41) is 30.3. The van der Waals surface area contributed by atoms with E-state index in [2.05, 4.69) is 4.98 Å². The minimum atomic E-state index is -1.55. The molecule has 8 heteroatoms. The number of phenolic OH excluding ortho intramolecular Hbond substituents is 1. The van der Waals surface area contributed by atoms with Gasteiger partial charge in [0.25, 0.3) is 0 Å². The molecule has 1 heterocycles. The maximum absolute atomic E-state index is 9.57. The predicted octanol–water partition coefficient (Wildman–Crippen LogP) is 0.372. The number of pyridine rings is 1. The number of halogens is 1. The number of aromatic hydroxyl groups is 1. The second-order valence-electron chi connectivity index (χ2n) is 4.81. The maximum Gasteiger partial charge on any atom is 0.136 e. The van der Waals surface area contributed by atoms with Gasteiger partial charge in [0.15, 0.2) is 0 Å². The van der Waals surface area contributed by atoms with Crippen LogP contribution in [0.4, 0.5) is 5.69 Å². The molecule has 0 atom stereocenters. The molecular formula is C17H11ClN2O5-2. The summed E-state index contributed by atoms with van der Waals surface area (Å²) in [4.78, 5) is 23.3. The van der Waals surface area contributed by atoms with Crippen molar-refractivity contribution >= 4 is 51.0 Å². The number of rotatable bonds is 2. The Morgan fingerprint density at radius 1 is 1.04 bits per heavy atom. The number of nitrogens with two attached hydrogens (primary N) is 1. The van der Waals surface area contributed by atoms with Gasteiger partial charge in [0.1, 0.15) is 10.8 Å². The summed E-state index contributed by atoms with van der Waals surface area (Å²) in [7, 11) is 0. The molecule has 0 saturated carbocycles. The van der Waals surface area contributed by atoms with Gasteiger partial charge < -0.3 is 30.6 Å². The molecule has 0 spiro atoms. The minimum absolute atomic E-state index is 0.0151.